The maximum Gasteiger partial charge on any atom is 0.0185 e. The lowest BCUT2D eigenvalue weighted by molar-refractivity contribution is -0.0499. The zero-order valence-corrected chi connectivity index (χ0v) is 34.2. The molecule has 22 atom stereocenters. The summed E-state index contributed by atoms with van der Waals surface area (Å²) in [5.41, 5.74) is 3.27. The van der Waals surface area contributed by atoms with E-state index in [2.05, 4.69) is 60.7 Å². The highest BCUT2D eigenvalue weighted by Crippen LogP contribution is 2.64. The molecule has 8 bridgehead atoms. The highest BCUT2D eigenvalue weighted by Gasteiger charge is 2.65. The molecule has 13 rings (SSSR count). The summed E-state index contributed by atoms with van der Waals surface area (Å²) in [7, 11) is 0. The fourth-order valence-corrected chi connectivity index (χ4v) is 19.4. The Kier molecular flexibility index (Phi) is 8.72. The van der Waals surface area contributed by atoms with Crippen LogP contribution in [0.15, 0.2) is 60.7 Å². The molecule has 0 radical (unpaired) electrons. The normalized spacial score (nSPS) is 53.9. The molecule has 4 N–H and O–H groups in total. The Balaban J connectivity index is 0.972. The van der Waals surface area contributed by atoms with Crippen molar-refractivity contribution in [2.45, 2.75) is 176 Å². The van der Waals surface area contributed by atoms with Crippen LogP contribution in [0, 0.1) is 71.0 Å². The summed E-state index contributed by atoms with van der Waals surface area (Å²) < 4.78 is 0. The monoisotopic (exact) mass is 753 g/mol. The minimum atomic E-state index is 0.572. The van der Waals surface area contributed by atoms with E-state index < -0.39 is 0 Å². The average molecular weight is 753 g/mol. The first kappa shape index (κ1) is 35.1. The van der Waals surface area contributed by atoms with Gasteiger partial charge in [-0.25, -0.2) is 0 Å². The molecule has 2 aromatic carbocycles. The molecule has 56 heavy (non-hydrogen) atoms. The second kappa shape index (κ2) is 13.9. The lowest BCUT2D eigenvalue weighted by atomic mass is 9.50. The minimum absolute atomic E-state index is 0.572. The van der Waals surface area contributed by atoms with Gasteiger partial charge in [-0.05, 0) is 159 Å². The standard InChI is InChI=1S/C52H72N4/c1-3-13-29(14-4-1)43-39-25-27-41(53-39)47-35-19-9-8-18-32(35)34-22-12-24-38-46(34)52(47)56-50(38)44(30-15-5-2-6-16-30)40-26-28-42(54-40)48-36-20-10-7-17-31(36)33-21-11-23-37-45(33)51(48)55-49(37)43/h1-6,13-16,31-56H,7-12,17-28H2. The van der Waals surface area contributed by atoms with Crippen molar-refractivity contribution in [3.8, 4) is 0 Å². The largest absolute Gasteiger partial charge is 0.310 e. The first-order valence-corrected chi connectivity index (χ1v) is 24.9. The average Bonchev–Trinajstić information content (AvgIpc) is 4.08. The summed E-state index contributed by atoms with van der Waals surface area (Å²) in [5.74, 6) is 11.8. The Morgan fingerprint density at radius 3 is 1.09 bits per heavy atom. The number of nitrogens with one attached hydrogen (secondary N) is 4. The topological polar surface area (TPSA) is 48.1 Å². The van der Waals surface area contributed by atoms with E-state index in [1.54, 1.807) is 11.1 Å². The zero-order chi connectivity index (χ0) is 36.5. The number of fused-ring (bicyclic) bond motifs is 16. The fraction of sp³-hybridized carbons (Fsp3) is 0.769. The van der Waals surface area contributed by atoms with Crippen molar-refractivity contribution in [1.82, 2.24) is 21.3 Å². The predicted molar refractivity (Wildman–Crippen MR) is 226 cm³/mol. The van der Waals surface area contributed by atoms with Crippen molar-refractivity contribution < 1.29 is 0 Å². The summed E-state index contributed by atoms with van der Waals surface area (Å²) in [6.45, 7) is 0. The molecule has 0 spiro atoms. The second-order valence-corrected chi connectivity index (χ2v) is 22.3. The summed E-state index contributed by atoms with van der Waals surface area (Å²) >= 11 is 0. The van der Waals surface area contributed by atoms with Gasteiger partial charge in [0.1, 0.15) is 0 Å². The fourth-order valence-electron chi connectivity index (χ4n) is 19.4. The Morgan fingerprint density at radius 1 is 0.286 bits per heavy atom. The van der Waals surface area contributed by atoms with E-state index in [1.165, 1.54) is 116 Å². The molecular weight excluding hydrogens is 681 g/mol. The Morgan fingerprint density at radius 2 is 0.643 bits per heavy atom. The van der Waals surface area contributed by atoms with Crippen molar-refractivity contribution in [3.05, 3.63) is 71.8 Å². The van der Waals surface area contributed by atoms with Crippen molar-refractivity contribution in [2.75, 3.05) is 0 Å². The van der Waals surface area contributed by atoms with Crippen molar-refractivity contribution in [3.63, 3.8) is 0 Å². The summed E-state index contributed by atoms with van der Waals surface area (Å²) in [5, 5.41) is 19.0. The maximum absolute atomic E-state index is 4.79. The van der Waals surface area contributed by atoms with E-state index in [1.807, 2.05) is 0 Å². The number of benzene rings is 2. The van der Waals surface area contributed by atoms with Crippen LogP contribution in [0.1, 0.15) is 139 Å². The van der Waals surface area contributed by atoms with E-state index in [0.29, 0.717) is 60.2 Å². The molecule has 4 nitrogen and oxygen atoms in total. The molecule has 5 heterocycles. The third-order valence-corrected chi connectivity index (χ3v) is 20.7. The van der Waals surface area contributed by atoms with Crippen molar-refractivity contribution in [2.24, 2.45) is 71.0 Å². The third kappa shape index (κ3) is 5.22. The predicted octanol–water partition coefficient (Wildman–Crippen LogP) is 9.43. The smallest absolute Gasteiger partial charge is 0.0185 e. The van der Waals surface area contributed by atoms with Crippen LogP contribution in [-0.4, -0.2) is 48.3 Å². The molecule has 4 heteroatoms. The van der Waals surface area contributed by atoms with Gasteiger partial charge in [0, 0.05) is 60.2 Å². The van der Waals surface area contributed by atoms with Gasteiger partial charge in [-0.2, -0.15) is 0 Å². The minimum Gasteiger partial charge on any atom is -0.310 e. The third-order valence-electron chi connectivity index (χ3n) is 20.7. The molecule has 6 saturated carbocycles. The molecule has 6 aliphatic carbocycles. The lowest BCUT2D eigenvalue weighted by Gasteiger charge is -2.56. The number of hydrogen-bond donors (Lipinski definition) is 4. The Labute approximate surface area is 338 Å². The van der Waals surface area contributed by atoms with Gasteiger partial charge in [-0.1, -0.05) is 99.2 Å². The highest BCUT2D eigenvalue weighted by molar-refractivity contribution is 5.31. The molecule has 5 saturated heterocycles. The van der Waals surface area contributed by atoms with Crippen LogP contribution < -0.4 is 21.3 Å². The van der Waals surface area contributed by atoms with E-state index >= 15 is 0 Å². The van der Waals surface area contributed by atoms with E-state index in [4.69, 9.17) is 21.3 Å². The molecular formula is C52H72N4. The molecule has 2 aromatic rings. The van der Waals surface area contributed by atoms with Gasteiger partial charge in [0.05, 0.1) is 0 Å². The first-order chi connectivity index (χ1) is 27.8. The van der Waals surface area contributed by atoms with Crippen molar-refractivity contribution >= 4 is 0 Å². The molecule has 22 unspecified atom stereocenters. The second-order valence-electron chi connectivity index (χ2n) is 22.3. The van der Waals surface area contributed by atoms with Gasteiger partial charge in [0.25, 0.3) is 0 Å². The Bertz CT molecular complexity index is 1590. The van der Waals surface area contributed by atoms with Gasteiger partial charge < -0.3 is 21.3 Å². The van der Waals surface area contributed by atoms with Gasteiger partial charge >= 0.3 is 0 Å². The van der Waals surface area contributed by atoms with Gasteiger partial charge in [-0.15, -0.1) is 0 Å². The Hall–Kier alpha value is -1.72. The van der Waals surface area contributed by atoms with Crippen LogP contribution in [0.2, 0.25) is 0 Å². The molecule has 5 aliphatic heterocycles. The maximum atomic E-state index is 4.79. The van der Waals surface area contributed by atoms with Gasteiger partial charge in [0.2, 0.25) is 0 Å². The van der Waals surface area contributed by atoms with Crippen LogP contribution in [0.3, 0.4) is 0 Å². The molecule has 300 valence electrons. The molecule has 11 fully saturated rings. The summed E-state index contributed by atoms with van der Waals surface area (Å²) in [6.07, 6.45) is 26.3. The van der Waals surface area contributed by atoms with Crippen LogP contribution >= 0.6 is 0 Å². The van der Waals surface area contributed by atoms with Gasteiger partial charge in [0.15, 0.2) is 0 Å². The van der Waals surface area contributed by atoms with E-state index in [9.17, 15) is 0 Å². The van der Waals surface area contributed by atoms with Crippen LogP contribution in [0.5, 0.6) is 0 Å². The first-order valence-electron chi connectivity index (χ1n) is 24.9. The molecule has 11 aliphatic rings. The highest BCUT2D eigenvalue weighted by atomic mass is 15.1. The zero-order valence-electron chi connectivity index (χ0n) is 34.2. The van der Waals surface area contributed by atoms with Gasteiger partial charge in [-0.3, -0.25) is 0 Å². The van der Waals surface area contributed by atoms with Crippen LogP contribution in [0.25, 0.3) is 0 Å². The van der Waals surface area contributed by atoms with Crippen LogP contribution in [0.4, 0.5) is 0 Å². The number of hydrogen-bond acceptors (Lipinski definition) is 4. The SMILES string of the molecule is c1ccc(C2C3CCC(N3)C3C4CCCCC4C4CCCC5C(NC3C45)C(c3ccccc3)C3CCC(N3)C3C4CCCCC4C4CCCC5C2NC3C45)cc1. The van der Waals surface area contributed by atoms with E-state index in [-0.39, 0.29) is 0 Å². The van der Waals surface area contributed by atoms with E-state index in [0.717, 1.165) is 71.0 Å². The molecule has 0 aromatic heterocycles. The number of rotatable bonds is 2. The molecule has 0 amide bonds. The summed E-state index contributed by atoms with van der Waals surface area (Å²) in [4.78, 5) is 0. The quantitative estimate of drug-likeness (QED) is 0.247. The lowest BCUT2D eigenvalue weighted by Crippen LogP contribution is -2.60. The van der Waals surface area contributed by atoms with Crippen LogP contribution in [-0.2, 0) is 0 Å². The summed E-state index contributed by atoms with van der Waals surface area (Å²) in [6, 6.07) is 29.3. The van der Waals surface area contributed by atoms with Crippen molar-refractivity contribution in [1.29, 1.82) is 0 Å².